The van der Waals surface area contributed by atoms with Crippen molar-refractivity contribution < 1.29 is 27.6 Å². The lowest BCUT2D eigenvalue weighted by Gasteiger charge is -2.30. The number of thioether (sulfide) groups is 1. The highest BCUT2D eigenvalue weighted by Gasteiger charge is 2.56. The molecule has 1 N–H and O–H groups in total. The highest BCUT2D eigenvalue weighted by atomic mass is 35.5. The number of fused-ring (bicyclic) bond motifs is 2. The first-order valence-corrected chi connectivity index (χ1v) is 14.7. The zero-order valence-electron chi connectivity index (χ0n) is 21.3. The van der Waals surface area contributed by atoms with E-state index in [1.807, 2.05) is 18.2 Å². The molecule has 1 aromatic heterocycles. The average molecular weight is 630 g/mol. The number of hydrogen-bond acceptors (Lipinski definition) is 6. The summed E-state index contributed by atoms with van der Waals surface area (Å²) in [4.78, 5) is 54.9. The van der Waals surface area contributed by atoms with Crippen LogP contribution in [0.4, 0.5) is 24.5 Å². The van der Waals surface area contributed by atoms with Gasteiger partial charge in [-0.2, -0.15) is 13.2 Å². The summed E-state index contributed by atoms with van der Waals surface area (Å²) in [6, 6.07) is 19.6. The molecule has 0 radical (unpaired) electrons. The molecule has 0 saturated carbocycles. The lowest BCUT2D eigenvalue weighted by molar-refractivity contribution is -0.137. The zero-order chi connectivity index (χ0) is 29.8. The van der Waals surface area contributed by atoms with E-state index in [-0.39, 0.29) is 5.69 Å². The van der Waals surface area contributed by atoms with Gasteiger partial charge >= 0.3 is 11.0 Å². The third-order valence-electron chi connectivity index (χ3n) is 7.07. The highest BCUT2D eigenvalue weighted by molar-refractivity contribution is 8.00. The summed E-state index contributed by atoms with van der Waals surface area (Å²) in [5.41, 5.74) is 0.108. The van der Waals surface area contributed by atoms with Crippen LogP contribution in [0.25, 0.3) is 0 Å². The maximum atomic E-state index is 13.8. The number of alkyl halides is 3. The maximum Gasteiger partial charge on any atom is 0.416 e. The van der Waals surface area contributed by atoms with Gasteiger partial charge in [0.1, 0.15) is 11.8 Å². The van der Waals surface area contributed by atoms with Gasteiger partial charge in [-0.1, -0.05) is 71.1 Å². The lowest BCUT2D eigenvalue weighted by atomic mass is 9.83. The minimum absolute atomic E-state index is 0.0722. The molecule has 42 heavy (non-hydrogen) atoms. The Balaban J connectivity index is 1.36. The molecule has 4 aromatic rings. The number of anilines is 2. The predicted molar refractivity (Wildman–Crippen MR) is 154 cm³/mol. The van der Waals surface area contributed by atoms with Crippen LogP contribution in [0, 0.1) is 5.92 Å². The summed E-state index contributed by atoms with van der Waals surface area (Å²) >= 11 is 7.94. The van der Waals surface area contributed by atoms with Crippen molar-refractivity contribution in [3.8, 4) is 0 Å². The van der Waals surface area contributed by atoms with Crippen molar-refractivity contribution in [2.24, 2.45) is 5.92 Å². The zero-order valence-corrected chi connectivity index (χ0v) is 23.7. The Bertz CT molecular complexity index is 1770. The Morgan fingerprint density at radius 2 is 1.64 bits per heavy atom. The van der Waals surface area contributed by atoms with Crippen molar-refractivity contribution >= 4 is 63.8 Å². The molecule has 1 fully saturated rings. The van der Waals surface area contributed by atoms with Crippen LogP contribution in [0.15, 0.2) is 88.7 Å². The van der Waals surface area contributed by atoms with Gasteiger partial charge in [-0.3, -0.25) is 23.7 Å². The molecule has 13 heteroatoms. The normalized spacial score (nSPS) is 19.9. The molecule has 0 bridgehead atoms. The van der Waals surface area contributed by atoms with Crippen molar-refractivity contribution in [1.29, 1.82) is 0 Å². The summed E-state index contributed by atoms with van der Waals surface area (Å²) in [6.07, 6.45) is -4.59. The molecular weight excluding hydrogens is 611 g/mol. The molecule has 2 unspecified atom stereocenters. The minimum Gasteiger partial charge on any atom is -0.325 e. The van der Waals surface area contributed by atoms with Gasteiger partial charge < -0.3 is 5.32 Å². The molecule has 3 atom stereocenters. The molecule has 3 heterocycles. The van der Waals surface area contributed by atoms with E-state index in [0.717, 1.165) is 45.7 Å². The molecule has 0 spiro atoms. The Kier molecular flexibility index (Phi) is 7.24. The number of thiazole rings is 1. The largest absolute Gasteiger partial charge is 0.416 e. The van der Waals surface area contributed by atoms with Crippen LogP contribution in [0.1, 0.15) is 21.9 Å². The number of benzene rings is 3. The summed E-state index contributed by atoms with van der Waals surface area (Å²) in [5, 5.41) is 2.36. The Labute approximate surface area is 249 Å². The topological polar surface area (TPSA) is 88.5 Å². The molecule has 214 valence electrons. The number of carbonyl (C=O) groups is 3. The quantitative estimate of drug-likeness (QED) is 0.273. The van der Waals surface area contributed by atoms with E-state index in [2.05, 4.69) is 5.32 Å². The number of carbonyl (C=O) groups excluding carboxylic acids is 3. The number of aromatic nitrogens is 1. The molecule has 1 saturated heterocycles. The van der Waals surface area contributed by atoms with E-state index < -0.39 is 58.0 Å². The van der Waals surface area contributed by atoms with Gasteiger partial charge in [0.25, 0.3) is 0 Å². The summed E-state index contributed by atoms with van der Waals surface area (Å²) in [5.74, 6) is -3.02. The number of amides is 3. The van der Waals surface area contributed by atoms with Crippen molar-refractivity contribution in [1.82, 2.24) is 4.57 Å². The van der Waals surface area contributed by atoms with Gasteiger partial charge in [-0.25, -0.2) is 4.90 Å². The van der Waals surface area contributed by atoms with Crippen LogP contribution < -0.4 is 15.1 Å². The molecule has 6 rings (SSSR count). The molecule has 3 aromatic carbocycles. The van der Waals surface area contributed by atoms with Gasteiger partial charge in [0.2, 0.25) is 17.7 Å². The number of imide groups is 1. The van der Waals surface area contributed by atoms with Crippen LogP contribution in [-0.2, 0) is 27.1 Å². The number of halogens is 4. The first-order chi connectivity index (χ1) is 20.0. The van der Waals surface area contributed by atoms with Crippen molar-refractivity contribution in [3.63, 3.8) is 0 Å². The second-order valence-corrected chi connectivity index (χ2v) is 12.3. The van der Waals surface area contributed by atoms with Crippen LogP contribution in [-0.4, -0.2) is 27.5 Å². The smallest absolute Gasteiger partial charge is 0.325 e. The van der Waals surface area contributed by atoms with Crippen LogP contribution >= 0.6 is 34.7 Å². The third kappa shape index (κ3) is 5.03. The van der Waals surface area contributed by atoms with Gasteiger partial charge in [0.15, 0.2) is 0 Å². The fourth-order valence-electron chi connectivity index (χ4n) is 5.24. The van der Waals surface area contributed by atoms with E-state index in [1.54, 1.807) is 36.4 Å². The van der Waals surface area contributed by atoms with E-state index in [0.29, 0.717) is 20.6 Å². The van der Waals surface area contributed by atoms with E-state index in [1.165, 1.54) is 16.7 Å². The van der Waals surface area contributed by atoms with Crippen LogP contribution in [0.3, 0.4) is 0 Å². The third-order valence-corrected chi connectivity index (χ3v) is 9.92. The van der Waals surface area contributed by atoms with Crippen LogP contribution in [0.5, 0.6) is 0 Å². The Morgan fingerprint density at radius 1 is 0.929 bits per heavy atom. The summed E-state index contributed by atoms with van der Waals surface area (Å²) < 4.78 is 40.6. The number of nitrogens with one attached hydrogen (secondary N) is 1. The number of nitrogens with zero attached hydrogens (tertiary/aromatic N) is 2. The standard InChI is InChI=1S/C29H19ClF3N3O4S2/c30-17-9-11-19(12-10-17)36-25(38)22-21(15-5-2-1-3-6-15)24-27(41-23(22)26(36)39)35(28(40)42-24)14-20(37)34-18-8-4-7-16(13-18)29(31,32)33/h1-13,21-23H,14H2,(H,34,37)/t21-,22?,23?/m1/s1. The average Bonchev–Trinajstić information content (AvgIpc) is 3.40. The van der Waals surface area contributed by atoms with Crippen molar-refractivity contribution in [2.75, 3.05) is 10.2 Å². The molecule has 2 aliphatic heterocycles. The Hall–Kier alpha value is -3.87. The number of hydrogen-bond donors (Lipinski definition) is 1. The van der Waals surface area contributed by atoms with E-state index in [4.69, 9.17) is 11.6 Å². The molecule has 7 nitrogen and oxygen atoms in total. The fourth-order valence-corrected chi connectivity index (χ4v) is 8.14. The maximum absolute atomic E-state index is 13.8. The second-order valence-electron chi connectivity index (χ2n) is 9.69. The second kappa shape index (κ2) is 10.8. The molecule has 2 aliphatic rings. The van der Waals surface area contributed by atoms with Gasteiger partial charge in [0, 0.05) is 21.5 Å². The molecule has 3 amide bonds. The first-order valence-electron chi connectivity index (χ1n) is 12.6. The minimum atomic E-state index is -4.59. The van der Waals surface area contributed by atoms with Gasteiger partial charge in [-0.05, 0) is 48.0 Å². The van der Waals surface area contributed by atoms with E-state index >= 15 is 0 Å². The van der Waals surface area contributed by atoms with E-state index in [9.17, 15) is 32.3 Å². The van der Waals surface area contributed by atoms with Gasteiger partial charge in [0.05, 0.1) is 22.2 Å². The summed E-state index contributed by atoms with van der Waals surface area (Å²) in [7, 11) is 0. The lowest BCUT2D eigenvalue weighted by Crippen LogP contribution is -2.33. The SMILES string of the molecule is O=C(Cn1c2c(sc1=O)[C@H](c1ccccc1)C1C(=O)N(c3ccc(Cl)cc3)C(=O)C1S2)Nc1cccc(C(F)(F)F)c1. The summed E-state index contributed by atoms with van der Waals surface area (Å²) in [6.45, 7) is -0.490. The monoisotopic (exact) mass is 629 g/mol. The fraction of sp³-hybridized carbons (Fsp3) is 0.172. The Morgan fingerprint density at radius 3 is 2.33 bits per heavy atom. The molecular formula is C29H19ClF3N3O4S2. The predicted octanol–water partition coefficient (Wildman–Crippen LogP) is 6.02. The van der Waals surface area contributed by atoms with Crippen molar-refractivity contribution in [3.05, 3.63) is 110 Å². The van der Waals surface area contributed by atoms with Gasteiger partial charge in [-0.15, -0.1) is 0 Å². The van der Waals surface area contributed by atoms with Crippen molar-refractivity contribution in [2.45, 2.75) is 28.9 Å². The molecule has 0 aliphatic carbocycles. The number of rotatable bonds is 5. The van der Waals surface area contributed by atoms with Crippen LogP contribution in [0.2, 0.25) is 5.02 Å². The highest BCUT2D eigenvalue weighted by Crippen LogP contribution is 2.53. The first kappa shape index (κ1) is 28.3.